The molecular formula is C12H15N5O. The number of nitrogen functional groups attached to an aromatic ring is 1. The van der Waals surface area contributed by atoms with Crippen molar-refractivity contribution >= 4 is 11.6 Å². The molecule has 0 fully saturated rings. The van der Waals surface area contributed by atoms with E-state index in [1.165, 1.54) is 13.4 Å². The van der Waals surface area contributed by atoms with Crippen LogP contribution in [0, 0.1) is 6.92 Å². The van der Waals surface area contributed by atoms with Gasteiger partial charge in [0.05, 0.1) is 7.11 Å². The minimum Gasteiger partial charge on any atom is -0.490 e. The molecule has 3 N–H and O–H groups in total. The largest absolute Gasteiger partial charge is 0.490 e. The zero-order chi connectivity index (χ0) is 13.0. The second-order valence-corrected chi connectivity index (χ2v) is 3.80. The number of hydrogen-bond acceptors (Lipinski definition) is 6. The van der Waals surface area contributed by atoms with Gasteiger partial charge in [0.1, 0.15) is 6.33 Å². The summed E-state index contributed by atoms with van der Waals surface area (Å²) in [5.74, 6) is 1.35. The maximum absolute atomic E-state index is 5.69. The van der Waals surface area contributed by atoms with Crippen LogP contribution in [-0.4, -0.2) is 22.1 Å². The van der Waals surface area contributed by atoms with E-state index in [2.05, 4.69) is 20.3 Å². The highest BCUT2D eigenvalue weighted by atomic mass is 16.5. The highest BCUT2D eigenvalue weighted by Gasteiger charge is 2.08. The number of nitrogens with zero attached hydrogens (tertiary/aromatic N) is 3. The molecule has 0 saturated heterocycles. The maximum Gasteiger partial charge on any atom is 0.203 e. The Hall–Kier alpha value is -2.37. The Morgan fingerprint density at radius 1 is 1.28 bits per heavy atom. The van der Waals surface area contributed by atoms with Crippen molar-refractivity contribution in [2.45, 2.75) is 13.5 Å². The number of nitrogens with one attached hydrogen (secondary N) is 1. The van der Waals surface area contributed by atoms with Gasteiger partial charge in [-0.1, -0.05) is 6.07 Å². The van der Waals surface area contributed by atoms with Crippen molar-refractivity contribution in [2.24, 2.45) is 0 Å². The van der Waals surface area contributed by atoms with Crippen LogP contribution in [0.5, 0.6) is 5.75 Å². The number of rotatable bonds is 4. The molecule has 94 valence electrons. The van der Waals surface area contributed by atoms with Crippen LogP contribution in [0.2, 0.25) is 0 Å². The first-order valence-corrected chi connectivity index (χ1v) is 5.50. The van der Waals surface area contributed by atoms with Gasteiger partial charge < -0.3 is 15.8 Å². The molecule has 18 heavy (non-hydrogen) atoms. The van der Waals surface area contributed by atoms with Crippen molar-refractivity contribution < 1.29 is 4.74 Å². The van der Waals surface area contributed by atoms with Crippen LogP contribution in [0.15, 0.2) is 24.7 Å². The monoisotopic (exact) mass is 245 g/mol. The van der Waals surface area contributed by atoms with Crippen molar-refractivity contribution in [1.29, 1.82) is 0 Å². The third-order valence-corrected chi connectivity index (χ3v) is 2.47. The highest BCUT2D eigenvalue weighted by Crippen LogP contribution is 2.26. The minimum absolute atomic E-state index is 0.317. The molecule has 0 amide bonds. The van der Waals surface area contributed by atoms with Crippen LogP contribution >= 0.6 is 0 Å². The van der Waals surface area contributed by atoms with E-state index in [0.29, 0.717) is 23.9 Å². The second-order valence-electron chi connectivity index (χ2n) is 3.80. The summed E-state index contributed by atoms with van der Waals surface area (Å²) in [4.78, 5) is 12.2. The van der Waals surface area contributed by atoms with Gasteiger partial charge in [0.25, 0.3) is 0 Å². The van der Waals surface area contributed by atoms with Crippen molar-refractivity contribution in [3.05, 3.63) is 35.9 Å². The number of nitrogens with two attached hydrogens (primary N) is 1. The predicted octanol–water partition coefficient (Wildman–Crippen LogP) is 1.38. The average Bonchev–Trinajstić information content (AvgIpc) is 2.38. The summed E-state index contributed by atoms with van der Waals surface area (Å²) in [7, 11) is 1.54. The van der Waals surface area contributed by atoms with Crippen molar-refractivity contribution in [3.8, 4) is 5.75 Å². The Morgan fingerprint density at radius 2 is 2.11 bits per heavy atom. The SMILES string of the molecule is COc1c(N)ncnc1NCc1ccc(C)nc1. The molecule has 0 aromatic carbocycles. The fraction of sp³-hybridized carbons (Fsp3) is 0.250. The molecule has 0 aliphatic heterocycles. The molecule has 2 aromatic heterocycles. The smallest absolute Gasteiger partial charge is 0.203 e. The molecule has 2 heterocycles. The van der Waals surface area contributed by atoms with Crippen LogP contribution in [0.25, 0.3) is 0 Å². The lowest BCUT2D eigenvalue weighted by Gasteiger charge is -2.10. The molecule has 0 radical (unpaired) electrons. The van der Waals surface area contributed by atoms with Crippen LogP contribution in [0.1, 0.15) is 11.3 Å². The number of hydrogen-bond donors (Lipinski definition) is 2. The molecule has 0 aliphatic carbocycles. The molecule has 0 atom stereocenters. The molecule has 2 aromatic rings. The number of methoxy groups -OCH3 is 1. The fourth-order valence-corrected chi connectivity index (χ4v) is 1.50. The Morgan fingerprint density at radius 3 is 2.78 bits per heavy atom. The van der Waals surface area contributed by atoms with E-state index in [1.807, 2.05) is 25.3 Å². The first-order valence-electron chi connectivity index (χ1n) is 5.50. The summed E-state index contributed by atoms with van der Waals surface area (Å²) in [6.07, 6.45) is 3.22. The number of ether oxygens (including phenoxy) is 1. The average molecular weight is 245 g/mol. The van der Waals surface area contributed by atoms with Gasteiger partial charge in [0.2, 0.25) is 5.75 Å². The zero-order valence-corrected chi connectivity index (χ0v) is 10.3. The molecule has 0 saturated carbocycles. The zero-order valence-electron chi connectivity index (χ0n) is 10.3. The third-order valence-electron chi connectivity index (χ3n) is 2.47. The molecule has 0 bridgehead atoms. The first kappa shape index (κ1) is 12.1. The minimum atomic E-state index is 0.317. The van der Waals surface area contributed by atoms with Gasteiger partial charge in [-0.2, -0.15) is 0 Å². The number of anilines is 2. The molecule has 6 nitrogen and oxygen atoms in total. The van der Waals surface area contributed by atoms with Crippen LogP contribution in [-0.2, 0) is 6.54 Å². The Labute approximate surface area is 105 Å². The summed E-state index contributed by atoms with van der Waals surface area (Å²) in [6.45, 7) is 2.55. The molecule has 0 unspecified atom stereocenters. The fourth-order valence-electron chi connectivity index (χ4n) is 1.50. The van der Waals surface area contributed by atoms with E-state index >= 15 is 0 Å². The van der Waals surface area contributed by atoms with E-state index in [9.17, 15) is 0 Å². The van der Waals surface area contributed by atoms with Gasteiger partial charge in [0.15, 0.2) is 11.6 Å². The van der Waals surface area contributed by atoms with Crippen LogP contribution < -0.4 is 15.8 Å². The molecule has 2 rings (SSSR count). The van der Waals surface area contributed by atoms with Gasteiger partial charge in [-0.05, 0) is 18.6 Å². The summed E-state index contributed by atoms with van der Waals surface area (Å²) in [5.41, 5.74) is 7.74. The highest BCUT2D eigenvalue weighted by molar-refractivity contribution is 5.61. The van der Waals surface area contributed by atoms with Crippen LogP contribution in [0.4, 0.5) is 11.6 Å². The lowest BCUT2D eigenvalue weighted by molar-refractivity contribution is 0.415. The predicted molar refractivity (Wildman–Crippen MR) is 69.3 cm³/mol. The first-order chi connectivity index (χ1) is 8.70. The van der Waals surface area contributed by atoms with Crippen molar-refractivity contribution in [2.75, 3.05) is 18.2 Å². The van der Waals surface area contributed by atoms with E-state index in [-0.39, 0.29) is 0 Å². The van der Waals surface area contributed by atoms with Gasteiger partial charge >= 0.3 is 0 Å². The van der Waals surface area contributed by atoms with Crippen molar-refractivity contribution in [3.63, 3.8) is 0 Å². The summed E-state index contributed by atoms with van der Waals surface area (Å²) in [6, 6.07) is 3.97. The normalized spacial score (nSPS) is 10.1. The molecule has 0 spiro atoms. The van der Waals surface area contributed by atoms with Gasteiger partial charge in [0, 0.05) is 18.4 Å². The quantitative estimate of drug-likeness (QED) is 0.846. The summed E-state index contributed by atoms with van der Waals surface area (Å²) in [5, 5.41) is 3.14. The van der Waals surface area contributed by atoms with Gasteiger partial charge in [-0.25, -0.2) is 9.97 Å². The standard InChI is InChI=1S/C12H15N5O/c1-8-3-4-9(5-14-8)6-15-12-10(18-2)11(13)16-7-17-12/h3-5,7H,6H2,1-2H3,(H3,13,15,16,17). The van der Waals surface area contributed by atoms with Gasteiger partial charge in [-0.15, -0.1) is 0 Å². The second kappa shape index (κ2) is 5.31. The summed E-state index contributed by atoms with van der Waals surface area (Å²) >= 11 is 0. The lowest BCUT2D eigenvalue weighted by Crippen LogP contribution is -2.06. The number of pyridine rings is 1. The third kappa shape index (κ3) is 2.65. The van der Waals surface area contributed by atoms with E-state index < -0.39 is 0 Å². The molecule has 0 aliphatic rings. The lowest BCUT2D eigenvalue weighted by atomic mass is 10.2. The topological polar surface area (TPSA) is 86.0 Å². The number of aromatic nitrogens is 3. The van der Waals surface area contributed by atoms with E-state index in [0.717, 1.165) is 11.3 Å². The Kier molecular flexibility index (Phi) is 3.57. The maximum atomic E-state index is 5.69. The van der Waals surface area contributed by atoms with Gasteiger partial charge in [-0.3, -0.25) is 4.98 Å². The van der Waals surface area contributed by atoms with Crippen molar-refractivity contribution in [1.82, 2.24) is 15.0 Å². The van der Waals surface area contributed by atoms with E-state index in [4.69, 9.17) is 10.5 Å². The Bertz CT molecular complexity index is 526. The Balaban J connectivity index is 2.10. The summed E-state index contributed by atoms with van der Waals surface area (Å²) < 4.78 is 5.16. The molecule has 6 heteroatoms. The van der Waals surface area contributed by atoms with Crippen LogP contribution in [0.3, 0.4) is 0 Å². The van der Waals surface area contributed by atoms with E-state index in [1.54, 1.807) is 0 Å². The molecular weight excluding hydrogens is 230 g/mol. The number of aryl methyl sites for hydroxylation is 1.